The third-order valence-corrected chi connectivity index (χ3v) is 3.46. The van der Waals surface area contributed by atoms with Crippen molar-refractivity contribution in [2.45, 2.75) is 4.90 Å². The number of furan rings is 1. The fraction of sp³-hybridized carbons (Fsp3) is 0. The number of hydrogen-bond donors (Lipinski definition) is 1. The Hall–Kier alpha value is -2.08. The predicted octanol–water partition coefficient (Wildman–Crippen LogP) is 1.40. The van der Waals surface area contributed by atoms with Gasteiger partial charge in [-0.2, -0.15) is 0 Å². The Morgan fingerprint density at radius 2 is 1.65 bits per heavy atom. The van der Waals surface area contributed by atoms with Gasteiger partial charge in [0.2, 0.25) is 0 Å². The van der Waals surface area contributed by atoms with E-state index in [1.54, 1.807) is 24.7 Å². The highest BCUT2D eigenvalue weighted by Crippen LogP contribution is 2.20. The van der Waals surface area contributed by atoms with Gasteiger partial charge >= 0.3 is 0 Å². The Balaban J connectivity index is 0.000000181. The first-order valence-electron chi connectivity index (χ1n) is 4.74. The summed E-state index contributed by atoms with van der Waals surface area (Å²) in [4.78, 5) is 11.1. The van der Waals surface area contributed by atoms with Crippen LogP contribution in [-0.2, 0) is 10.0 Å². The second kappa shape index (κ2) is 4.42. The van der Waals surface area contributed by atoms with Crippen molar-refractivity contribution in [3.63, 3.8) is 0 Å². The SMILES string of the molecule is O=C1NS(=O)(=O)c2ccccc21.c1ccoc1. The van der Waals surface area contributed by atoms with Crippen molar-refractivity contribution in [2.75, 3.05) is 0 Å². The fourth-order valence-corrected chi connectivity index (χ4v) is 2.52. The van der Waals surface area contributed by atoms with Gasteiger partial charge in [-0.1, -0.05) is 12.1 Å². The van der Waals surface area contributed by atoms with Crippen LogP contribution in [0.5, 0.6) is 0 Å². The molecule has 0 unspecified atom stereocenters. The van der Waals surface area contributed by atoms with E-state index < -0.39 is 15.9 Å². The highest BCUT2D eigenvalue weighted by Gasteiger charge is 2.31. The van der Waals surface area contributed by atoms with Crippen LogP contribution in [0.2, 0.25) is 0 Å². The van der Waals surface area contributed by atoms with E-state index >= 15 is 0 Å². The second-order valence-electron chi connectivity index (χ2n) is 3.22. The summed E-state index contributed by atoms with van der Waals surface area (Å²) in [5.74, 6) is -0.550. The summed E-state index contributed by atoms with van der Waals surface area (Å²) >= 11 is 0. The molecule has 3 rings (SSSR count). The van der Waals surface area contributed by atoms with Gasteiger partial charge in [0.25, 0.3) is 15.9 Å². The van der Waals surface area contributed by atoms with Crippen LogP contribution in [0.3, 0.4) is 0 Å². The van der Waals surface area contributed by atoms with Crippen molar-refractivity contribution >= 4 is 15.9 Å². The molecular weight excluding hydrogens is 242 g/mol. The molecule has 0 bridgehead atoms. The van der Waals surface area contributed by atoms with E-state index in [9.17, 15) is 13.2 Å². The molecule has 1 aromatic carbocycles. The van der Waals surface area contributed by atoms with Crippen LogP contribution in [0.15, 0.2) is 58.2 Å². The van der Waals surface area contributed by atoms with Crippen molar-refractivity contribution in [3.05, 3.63) is 54.5 Å². The van der Waals surface area contributed by atoms with Gasteiger partial charge < -0.3 is 4.42 Å². The second-order valence-corrected chi connectivity index (χ2v) is 4.87. The molecule has 5 nitrogen and oxygen atoms in total. The maximum absolute atomic E-state index is 11.1. The lowest BCUT2D eigenvalue weighted by Gasteiger charge is -1.91. The minimum atomic E-state index is -3.55. The largest absolute Gasteiger partial charge is 0.473 e. The zero-order valence-corrected chi connectivity index (χ0v) is 9.48. The Morgan fingerprint density at radius 3 is 2.18 bits per heavy atom. The van der Waals surface area contributed by atoms with Crippen LogP contribution in [0, 0.1) is 0 Å². The summed E-state index contributed by atoms with van der Waals surface area (Å²) in [5.41, 5.74) is 0.220. The summed E-state index contributed by atoms with van der Waals surface area (Å²) in [7, 11) is -3.55. The molecule has 1 amide bonds. The van der Waals surface area contributed by atoms with E-state index in [4.69, 9.17) is 0 Å². The lowest BCUT2D eigenvalue weighted by atomic mass is 10.2. The van der Waals surface area contributed by atoms with E-state index in [1.807, 2.05) is 16.9 Å². The third-order valence-electron chi connectivity index (χ3n) is 2.07. The summed E-state index contributed by atoms with van der Waals surface area (Å²) in [6.07, 6.45) is 3.25. The number of sulfonamides is 1. The monoisotopic (exact) mass is 251 g/mol. The van der Waals surface area contributed by atoms with Crippen LogP contribution in [0.25, 0.3) is 0 Å². The van der Waals surface area contributed by atoms with Crippen LogP contribution in [0.1, 0.15) is 10.4 Å². The van der Waals surface area contributed by atoms with E-state index in [-0.39, 0.29) is 10.5 Å². The summed E-state index contributed by atoms with van der Waals surface area (Å²) < 4.78 is 28.7. The molecule has 1 aromatic heterocycles. The average Bonchev–Trinajstić information content (AvgIpc) is 2.92. The number of amides is 1. The molecule has 2 aromatic rings. The van der Waals surface area contributed by atoms with Crippen LogP contribution in [0.4, 0.5) is 0 Å². The van der Waals surface area contributed by atoms with E-state index in [1.165, 1.54) is 12.1 Å². The standard InChI is InChI=1S/C7H5NO3S.C4H4O/c9-7-5-3-1-2-4-6(5)12(10,11)8-7;1-2-4-5-3-1/h1-4H,(H,8,9);1-4H. The minimum Gasteiger partial charge on any atom is -0.473 e. The van der Waals surface area contributed by atoms with Crippen molar-refractivity contribution in [1.82, 2.24) is 4.72 Å². The maximum atomic E-state index is 11.1. The third kappa shape index (κ3) is 2.36. The number of hydrogen-bond acceptors (Lipinski definition) is 4. The first kappa shape index (κ1) is 11.4. The quantitative estimate of drug-likeness (QED) is 0.767. The van der Waals surface area contributed by atoms with Crippen LogP contribution >= 0.6 is 0 Å². The zero-order chi connectivity index (χ0) is 12.3. The van der Waals surface area contributed by atoms with Crippen molar-refractivity contribution in [1.29, 1.82) is 0 Å². The molecule has 0 fully saturated rings. The van der Waals surface area contributed by atoms with Gasteiger partial charge in [-0.25, -0.2) is 13.1 Å². The number of rotatable bonds is 0. The van der Waals surface area contributed by atoms with E-state index in [2.05, 4.69) is 4.42 Å². The Kier molecular flexibility index (Phi) is 2.97. The number of benzene rings is 1. The molecule has 0 spiro atoms. The molecular formula is C11H9NO4S. The number of carbonyl (C=O) groups excluding carboxylic acids is 1. The van der Waals surface area contributed by atoms with Crippen LogP contribution < -0.4 is 4.72 Å². The number of fused-ring (bicyclic) bond motifs is 1. The molecule has 88 valence electrons. The highest BCUT2D eigenvalue weighted by molar-refractivity contribution is 7.90. The van der Waals surface area contributed by atoms with Crippen molar-refractivity contribution < 1.29 is 17.6 Å². The van der Waals surface area contributed by atoms with Gasteiger partial charge in [0, 0.05) is 0 Å². The Labute approximate surface area is 98.1 Å². The molecule has 0 atom stereocenters. The lowest BCUT2D eigenvalue weighted by Crippen LogP contribution is -2.20. The Morgan fingerprint density at radius 1 is 1.00 bits per heavy atom. The molecule has 17 heavy (non-hydrogen) atoms. The molecule has 0 aliphatic carbocycles. The lowest BCUT2D eigenvalue weighted by molar-refractivity contribution is 0.0985. The normalized spacial score (nSPS) is 15.4. The van der Waals surface area contributed by atoms with Gasteiger partial charge in [0.05, 0.1) is 18.1 Å². The topological polar surface area (TPSA) is 76.4 Å². The Bertz CT molecular complexity index is 599. The first-order valence-corrected chi connectivity index (χ1v) is 6.23. The molecule has 0 saturated carbocycles. The molecule has 0 saturated heterocycles. The molecule has 1 aliphatic heterocycles. The molecule has 1 aliphatic rings. The highest BCUT2D eigenvalue weighted by atomic mass is 32.2. The van der Waals surface area contributed by atoms with Gasteiger partial charge in [0.1, 0.15) is 4.90 Å². The zero-order valence-electron chi connectivity index (χ0n) is 8.66. The van der Waals surface area contributed by atoms with Gasteiger partial charge in [-0.05, 0) is 24.3 Å². The van der Waals surface area contributed by atoms with Gasteiger partial charge in [-0.15, -0.1) is 0 Å². The fourth-order valence-electron chi connectivity index (χ4n) is 1.35. The van der Waals surface area contributed by atoms with E-state index in [0.717, 1.165) is 0 Å². The summed E-state index contributed by atoms with van der Waals surface area (Å²) in [6, 6.07) is 9.76. The molecule has 6 heteroatoms. The summed E-state index contributed by atoms with van der Waals surface area (Å²) in [5, 5.41) is 0. The number of carbonyl (C=O) groups is 1. The van der Waals surface area contributed by atoms with E-state index in [0.29, 0.717) is 0 Å². The maximum Gasteiger partial charge on any atom is 0.266 e. The molecule has 2 heterocycles. The molecule has 1 N–H and O–H groups in total. The average molecular weight is 251 g/mol. The predicted molar refractivity (Wildman–Crippen MR) is 59.8 cm³/mol. The first-order chi connectivity index (χ1) is 8.11. The van der Waals surface area contributed by atoms with Gasteiger partial charge in [0.15, 0.2) is 0 Å². The minimum absolute atomic E-state index is 0.0648. The van der Waals surface area contributed by atoms with Crippen molar-refractivity contribution in [3.8, 4) is 0 Å². The van der Waals surface area contributed by atoms with Gasteiger partial charge in [-0.3, -0.25) is 4.79 Å². The number of nitrogens with one attached hydrogen (secondary N) is 1. The van der Waals surface area contributed by atoms with Crippen molar-refractivity contribution in [2.24, 2.45) is 0 Å². The molecule has 0 radical (unpaired) electrons. The smallest absolute Gasteiger partial charge is 0.266 e. The summed E-state index contributed by atoms with van der Waals surface area (Å²) in [6.45, 7) is 0. The van der Waals surface area contributed by atoms with Crippen LogP contribution in [-0.4, -0.2) is 14.3 Å².